The van der Waals surface area contributed by atoms with Crippen molar-refractivity contribution < 1.29 is 18.0 Å². The van der Waals surface area contributed by atoms with E-state index in [0.29, 0.717) is 17.7 Å². The van der Waals surface area contributed by atoms with E-state index in [1.54, 1.807) is 12.1 Å². The van der Waals surface area contributed by atoms with Crippen LogP contribution in [0.15, 0.2) is 36.4 Å². The first-order valence-electron chi connectivity index (χ1n) is 7.16. The number of aromatic nitrogens is 1. The van der Waals surface area contributed by atoms with Gasteiger partial charge in [-0.05, 0) is 49.1 Å². The third kappa shape index (κ3) is 3.42. The zero-order valence-corrected chi connectivity index (χ0v) is 12.1. The fourth-order valence-electron chi connectivity index (χ4n) is 2.48. The number of halogens is 3. The predicted octanol–water partition coefficient (Wildman–Crippen LogP) is 4.02. The predicted molar refractivity (Wildman–Crippen MR) is 78.9 cm³/mol. The Labute approximate surface area is 131 Å². The topological polar surface area (TPSA) is 30.0 Å². The SMILES string of the molecule is O=C1CCCc2nc(C#Cc3cccc(C(F)(F)F)c3)ccc21. The summed E-state index contributed by atoms with van der Waals surface area (Å²) in [6.45, 7) is 0. The molecule has 0 bridgehead atoms. The minimum absolute atomic E-state index is 0.0798. The summed E-state index contributed by atoms with van der Waals surface area (Å²) >= 11 is 0. The summed E-state index contributed by atoms with van der Waals surface area (Å²) < 4.78 is 38.0. The molecule has 3 rings (SSSR count). The van der Waals surface area contributed by atoms with Gasteiger partial charge in [-0.2, -0.15) is 13.2 Å². The highest BCUT2D eigenvalue weighted by Crippen LogP contribution is 2.29. The Morgan fingerprint density at radius 3 is 2.65 bits per heavy atom. The van der Waals surface area contributed by atoms with Gasteiger partial charge in [0.25, 0.3) is 0 Å². The Hall–Kier alpha value is -2.61. The molecule has 0 saturated carbocycles. The number of nitrogens with zero attached hydrogens (tertiary/aromatic N) is 1. The number of pyridine rings is 1. The van der Waals surface area contributed by atoms with E-state index >= 15 is 0 Å². The van der Waals surface area contributed by atoms with Crippen LogP contribution in [0, 0.1) is 11.8 Å². The lowest BCUT2D eigenvalue weighted by molar-refractivity contribution is -0.137. The van der Waals surface area contributed by atoms with Crippen LogP contribution in [0.25, 0.3) is 0 Å². The van der Waals surface area contributed by atoms with Crippen LogP contribution in [0.3, 0.4) is 0 Å². The molecule has 0 amide bonds. The van der Waals surface area contributed by atoms with Crippen molar-refractivity contribution >= 4 is 5.78 Å². The summed E-state index contributed by atoms with van der Waals surface area (Å²) in [6, 6.07) is 8.18. The van der Waals surface area contributed by atoms with Crippen LogP contribution in [-0.2, 0) is 12.6 Å². The van der Waals surface area contributed by atoms with Gasteiger partial charge in [0, 0.05) is 17.5 Å². The van der Waals surface area contributed by atoms with E-state index in [9.17, 15) is 18.0 Å². The number of hydrogen-bond donors (Lipinski definition) is 0. The molecule has 1 heterocycles. The fourth-order valence-corrected chi connectivity index (χ4v) is 2.48. The van der Waals surface area contributed by atoms with Crippen LogP contribution in [-0.4, -0.2) is 10.8 Å². The van der Waals surface area contributed by atoms with E-state index in [2.05, 4.69) is 16.8 Å². The maximum absolute atomic E-state index is 12.7. The molecule has 0 aliphatic heterocycles. The molecule has 0 N–H and O–H groups in total. The first kappa shape index (κ1) is 15.3. The van der Waals surface area contributed by atoms with Crippen molar-refractivity contribution in [2.75, 3.05) is 0 Å². The zero-order chi connectivity index (χ0) is 16.4. The van der Waals surface area contributed by atoms with Crippen LogP contribution in [0.1, 0.15) is 45.7 Å². The van der Waals surface area contributed by atoms with Crippen molar-refractivity contribution in [2.24, 2.45) is 0 Å². The van der Waals surface area contributed by atoms with Crippen LogP contribution >= 0.6 is 0 Å². The Balaban J connectivity index is 1.89. The van der Waals surface area contributed by atoms with Crippen molar-refractivity contribution in [3.8, 4) is 11.8 Å². The fraction of sp³-hybridized carbons (Fsp3) is 0.222. The van der Waals surface area contributed by atoms with E-state index < -0.39 is 11.7 Å². The van der Waals surface area contributed by atoms with Gasteiger partial charge >= 0.3 is 6.18 Å². The lowest BCUT2D eigenvalue weighted by Gasteiger charge is -2.12. The number of alkyl halides is 3. The number of aryl methyl sites for hydroxylation is 1. The molecule has 0 saturated heterocycles. The molecule has 1 aliphatic rings. The average Bonchev–Trinajstić information content (AvgIpc) is 2.52. The highest BCUT2D eigenvalue weighted by atomic mass is 19.4. The smallest absolute Gasteiger partial charge is 0.294 e. The van der Waals surface area contributed by atoms with Crippen LogP contribution in [0.5, 0.6) is 0 Å². The Morgan fingerprint density at radius 2 is 1.87 bits per heavy atom. The quantitative estimate of drug-likeness (QED) is 0.687. The molecule has 1 aromatic carbocycles. The van der Waals surface area contributed by atoms with Crippen LogP contribution in [0.2, 0.25) is 0 Å². The third-order valence-corrected chi connectivity index (χ3v) is 3.62. The van der Waals surface area contributed by atoms with E-state index in [1.165, 1.54) is 12.1 Å². The van der Waals surface area contributed by atoms with Gasteiger partial charge in [-0.1, -0.05) is 12.0 Å². The number of rotatable bonds is 0. The van der Waals surface area contributed by atoms with Gasteiger partial charge in [-0.3, -0.25) is 4.79 Å². The molecule has 0 fully saturated rings. The molecule has 1 aromatic heterocycles. The van der Waals surface area contributed by atoms with Crippen molar-refractivity contribution in [2.45, 2.75) is 25.4 Å². The maximum Gasteiger partial charge on any atom is 0.416 e. The molecule has 2 nitrogen and oxygen atoms in total. The highest BCUT2D eigenvalue weighted by Gasteiger charge is 2.30. The summed E-state index contributed by atoms with van der Waals surface area (Å²) in [5.41, 5.74) is 1.34. The molecule has 116 valence electrons. The lowest BCUT2D eigenvalue weighted by Crippen LogP contribution is -2.12. The van der Waals surface area contributed by atoms with Crippen molar-refractivity contribution in [3.63, 3.8) is 0 Å². The van der Waals surface area contributed by atoms with E-state index in [1.807, 2.05) is 0 Å². The highest BCUT2D eigenvalue weighted by molar-refractivity contribution is 5.98. The third-order valence-electron chi connectivity index (χ3n) is 3.62. The van der Waals surface area contributed by atoms with Gasteiger partial charge < -0.3 is 0 Å². The lowest BCUT2D eigenvalue weighted by atomic mass is 9.94. The second kappa shape index (κ2) is 5.88. The minimum atomic E-state index is -4.39. The summed E-state index contributed by atoms with van der Waals surface area (Å²) in [4.78, 5) is 16.1. The summed E-state index contributed by atoms with van der Waals surface area (Å²) in [5, 5.41) is 0. The van der Waals surface area contributed by atoms with Gasteiger partial charge in [-0.15, -0.1) is 0 Å². The van der Waals surface area contributed by atoms with Crippen LogP contribution in [0.4, 0.5) is 13.2 Å². The van der Waals surface area contributed by atoms with Gasteiger partial charge in [0.15, 0.2) is 5.78 Å². The molecule has 0 atom stereocenters. The summed E-state index contributed by atoms with van der Waals surface area (Å²) in [5.74, 6) is 5.54. The standard InChI is InChI=1S/C18H12F3NO/c19-18(20,21)13-4-1-3-12(11-13)7-8-14-9-10-15-16(22-14)5-2-6-17(15)23/h1,3-4,9-11H,2,5-6H2. The monoisotopic (exact) mass is 315 g/mol. The van der Waals surface area contributed by atoms with Gasteiger partial charge in [-0.25, -0.2) is 4.98 Å². The van der Waals surface area contributed by atoms with Gasteiger partial charge in [0.05, 0.1) is 11.3 Å². The zero-order valence-electron chi connectivity index (χ0n) is 12.1. The van der Waals surface area contributed by atoms with E-state index in [0.717, 1.165) is 30.7 Å². The molecule has 1 aliphatic carbocycles. The molecular weight excluding hydrogens is 303 g/mol. The molecule has 0 unspecified atom stereocenters. The maximum atomic E-state index is 12.7. The molecule has 2 aromatic rings. The second-order valence-electron chi connectivity index (χ2n) is 5.30. The Kier molecular flexibility index (Phi) is 3.91. The number of carbonyl (C=O) groups excluding carboxylic acids is 1. The van der Waals surface area contributed by atoms with Gasteiger partial charge in [0.1, 0.15) is 5.69 Å². The Morgan fingerprint density at radius 1 is 1.04 bits per heavy atom. The number of ketones is 1. The summed E-state index contributed by atoms with van der Waals surface area (Å²) in [7, 11) is 0. The second-order valence-corrected chi connectivity index (χ2v) is 5.30. The number of Topliss-reactive ketones (excluding diaryl/α,β-unsaturated/α-hetero) is 1. The number of fused-ring (bicyclic) bond motifs is 1. The van der Waals surface area contributed by atoms with E-state index in [-0.39, 0.29) is 11.3 Å². The van der Waals surface area contributed by atoms with E-state index in [4.69, 9.17) is 0 Å². The molecule has 0 radical (unpaired) electrons. The first-order valence-corrected chi connectivity index (χ1v) is 7.16. The number of carbonyl (C=O) groups is 1. The molecule has 0 spiro atoms. The van der Waals surface area contributed by atoms with Crippen LogP contribution < -0.4 is 0 Å². The first-order chi connectivity index (χ1) is 10.9. The van der Waals surface area contributed by atoms with Crippen molar-refractivity contribution in [3.05, 3.63) is 64.5 Å². The van der Waals surface area contributed by atoms with Crippen molar-refractivity contribution in [1.29, 1.82) is 0 Å². The average molecular weight is 315 g/mol. The number of hydrogen-bond acceptors (Lipinski definition) is 2. The van der Waals surface area contributed by atoms with Gasteiger partial charge in [0.2, 0.25) is 0 Å². The van der Waals surface area contributed by atoms with Crippen molar-refractivity contribution in [1.82, 2.24) is 4.98 Å². The number of benzene rings is 1. The molecule has 5 heteroatoms. The molecular formula is C18H12F3NO. The minimum Gasteiger partial charge on any atom is -0.294 e. The normalized spacial score (nSPS) is 14.0. The summed E-state index contributed by atoms with van der Waals surface area (Å²) in [6.07, 6.45) is -2.37. The molecule has 23 heavy (non-hydrogen) atoms. The largest absolute Gasteiger partial charge is 0.416 e. The Bertz CT molecular complexity index is 828.